The summed E-state index contributed by atoms with van der Waals surface area (Å²) < 4.78 is 42.5. The van der Waals surface area contributed by atoms with Crippen molar-refractivity contribution in [2.24, 2.45) is 0 Å². The molecule has 0 saturated carbocycles. The molecule has 0 N–H and O–H groups in total. The lowest BCUT2D eigenvalue weighted by molar-refractivity contribution is -0.344. The molecule has 0 atom stereocenters. The monoisotopic (exact) mass is 570 g/mol. The minimum Gasteiger partial charge on any atom is -0.790 e. The first kappa shape index (κ1) is 34.4. The zero-order valence-corrected chi connectivity index (χ0v) is 26.1. The Hall–Kier alpha value is -1.66. The van der Waals surface area contributed by atoms with Crippen molar-refractivity contribution in [1.82, 2.24) is 0 Å². The van der Waals surface area contributed by atoms with Crippen molar-refractivity contribution in [3.63, 3.8) is 0 Å². The standard InChI is InChI=1S/C15H25O3P.C13H21O5P/c1-11(2)13-8-7-9-14(12(3)4)15(13)17-10-18-19(5,6)16;1-9(2)11-6-5-7-12(10(3)4)13(11)17-8-18-19(14,15)16/h7-9,11-12H,10H2,1-6H3;5-7,9-10H,8H2,1-4H3,(H2,14,15,16)/p-2. The van der Waals surface area contributed by atoms with E-state index in [1.165, 1.54) is 0 Å². The van der Waals surface area contributed by atoms with E-state index in [0.29, 0.717) is 17.6 Å². The van der Waals surface area contributed by atoms with Crippen LogP contribution in [0.25, 0.3) is 0 Å². The maximum atomic E-state index is 11.5. The third-order valence-corrected chi connectivity index (χ3v) is 6.77. The van der Waals surface area contributed by atoms with Gasteiger partial charge in [0.15, 0.2) is 21.0 Å². The highest BCUT2D eigenvalue weighted by atomic mass is 31.2. The lowest BCUT2D eigenvalue weighted by Gasteiger charge is -2.29. The van der Waals surface area contributed by atoms with Crippen molar-refractivity contribution in [3.8, 4) is 11.5 Å². The van der Waals surface area contributed by atoms with Crippen LogP contribution < -0.4 is 19.3 Å². The Morgan fingerprint density at radius 2 is 0.895 bits per heavy atom. The summed E-state index contributed by atoms with van der Waals surface area (Å²) in [5.41, 5.74) is 4.25. The number of ether oxygens (including phenoxy) is 2. The molecule has 216 valence electrons. The van der Waals surface area contributed by atoms with Crippen LogP contribution in [-0.2, 0) is 18.2 Å². The van der Waals surface area contributed by atoms with E-state index >= 15 is 0 Å². The summed E-state index contributed by atoms with van der Waals surface area (Å²) >= 11 is 0. The van der Waals surface area contributed by atoms with Gasteiger partial charge in [0.2, 0.25) is 0 Å². The maximum Gasteiger partial charge on any atom is 0.200 e. The van der Waals surface area contributed by atoms with Crippen LogP contribution in [0.2, 0.25) is 0 Å². The fraction of sp³-hybridized carbons (Fsp3) is 0.571. The SMILES string of the molecule is CC(C)c1cccc(C(C)C)c1OCOP(=O)([O-])[O-].CC(C)c1cccc(C(C)C)c1OCOP(C)(C)=O. The molecular formula is C28H44O8P2-2. The van der Waals surface area contributed by atoms with Gasteiger partial charge in [-0.1, -0.05) is 91.8 Å². The molecule has 0 amide bonds. The zero-order valence-electron chi connectivity index (χ0n) is 24.3. The molecule has 0 fully saturated rings. The summed E-state index contributed by atoms with van der Waals surface area (Å²) in [7, 11) is -7.51. The van der Waals surface area contributed by atoms with Crippen LogP contribution in [0, 0.1) is 0 Å². The predicted molar refractivity (Wildman–Crippen MR) is 149 cm³/mol. The van der Waals surface area contributed by atoms with Gasteiger partial charge >= 0.3 is 0 Å². The molecule has 2 rings (SSSR count). The average molecular weight is 571 g/mol. The number of phosphoric ester groups is 1. The van der Waals surface area contributed by atoms with Gasteiger partial charge in [-0.3, -0.25) is 9.09 Å². The predicted octanol–water partition coefficient (Wildman–Crippen LogP) is 6.94. The fourth-order valence-electron chi connectivity index (χ4n) is 3.66. The Labute approximate surface area is 228 Å². The smallest absolute Gasteiger partial charge is 0.200 e. The lowest BCUT2D eigenvalue weighted by atomic mass is 9.94. The quantitative estimate of drug-likeness (QED) is 0.199. The van der Waals surface area contributed by atoms with Gasteiger partial charge in [-0.25, -0.2) is 0 Å². The highest BCUT2D eigenvalue weighted by Gasteiger charge is 2.17. The molecule has 8 nitrogen and oxygen atoms in total. The van der Waals surface area contributed by atoms with Gasteiger partial charge < -0.3 is 28.3 Å². The van der Waals surface area contributed by atoms with Crippen molar-refractivity contribution in [2.75, 3.05) is 26.9 Å². The first-order valence-electron chi connectivity index (χ1n) is 12.8. The number of phosphoric acid groups is 1. The van der Waals surface area contributed by atoms with Crippen LogP contribution in [0.1, 0.15) is 101 Å². The summed E-state index contributed by atoms with van der Waals surface area (Å²) in [6, 6.07) is 12.0. The van der Waals surface area contributed by atoms with Crippen molar-refractivity contribution in [3.05, 3.63) is 58.7 Å². The molecule has 0 radical (unpaired) electrons. The Morgan fingerprint density at radius 3 is 1.13 bits per heavy atom. The van der Waals surface area contributed by atoms with Gasteiger partial charge in [-0.15, -0.1) is 0 Å². The van der Waals surface area contributed by atoms with Gasteiger partial charge in [0.1, 0.15) is 11.5 Å². The van der Waals surface area contributed by atoms with Crippen LogP contribution in [0.15, 0.2) is 36.4 Å². The van der Waals surface area contributed by atoms with Gasteiger partial charge in [0.05, 0.1) is 7.82 Å². The minimum atomic E-state index is -5.01. The number of para-hydroxylation sites is 2. The Bertz CT molecular complexity index is 960. The van der Waals surface area contributed by atoms with Crippen molar-refractivity contribution >= 4 is 15.2 Å². The van der Waals surface area contributed by atoms with E-state index in [2.05, 4.69) is 50.4 Å². The molecule has 0 aliphatic carbocycles. The normalized spacial score (nSPS) is 12.2. The largest absolute Gasteiger partial charge is 0.790 e. The van der Waals surface area contributed by atoms with Gasteiger partial charge in [0.25, 0.3) is 0 Å². The van der Waals surface area contributed by atoms with Gasteiger partial charge in [-0.2, -0.15) is 0 Å². The van der Waals surface area contributed by atoms with E-state index < -0.39 is 22.0 Å². The van der Waals surface area contributed by atoms with Crippen LogP contribution in [0.3, 0.4) is 0 Å². The zero-order chi connectivity index (χ0) is 29.3. The molecule has 0 bridgehead atoms. The molecule has 10 heteroatoms. The second-order valence-electron chi connectivity index (χ2n) is 10.6. The van der Waals surface area contributed by atoms with E-state index in [0.717, 1.165) is 28.0 Å². The second-order valence-corrected chi connectivity index (χ2v) is 14.5. The summed E-state index contributed by atoms with van der Waals surface area (Å²) in [4.78, 5) is 20.9. The summed E-state index contributed by atoms with van der Waals surface area (Å²) in [5.74, 6) is 2.68. The molecule has 0 unspecified atom stereocenters. The molecule has 2 aromatic carbocycles. The highest BCUT2D eigenvalue weighted by Crippen LogP contribution is 2.39. The minimum absolute atomic E-state index is 0.0354. The number of rotatable bonds is 12. The van der Waals surface area contributed by atoms with Crippen LogP contribution >= 0.6 is 15.2 Å². The number of benzene rings is 2. The molecule has 0 aliphatic rings. The third kappa shape index (κ3) is 12.0. The molecule has 0 spiro atoms. The van der Waals surface area contributed by atoms with Crippen LogP contribution in [0.5, 0.6) is 11.5 Å². The van der Waals surface area contributed by atoms with Crippen molar-refractivity contribution < 1.29 is 37.4 Å². The van der Waals surface area contributed by atoms with Crippen molar-refractivity contribution in [2.45, 2.75) is 79.1 Å². The van der Waals surface area contributed by atoms with E-state index in [1.54, 1.807) is 13.3 Å². The summed E-state index contributed by atoms with van der Waals surface area (Å²) in [6.45, 7) is 19.2. The Morgan fingerprint density at radius 1 is 0.605 bits per heavy atom. The molecule has 38 heavy (non-hydrogen) atoms. The average Bonchev–Trinajstić information content (AvgIpc) is 2.77. The van der Waals surface area contributed by atoms with Gasteiger partial charge in [-0.05, 0) is 45.9 Å². The first-order valence-corrected chi connectivity index (χ1v) is 16.8. The highest BCUT2D eigenvalue weighted by molar-refractivity contribution is 7.57. The third-order valence-electron chi connectivity index (χ3n) is 5.62. The fourth-order valence-corrected chi connectivity index (χ4v) is 4.15. The first-order chi connectivity index (χ1) is 17.4. The molecule has 0 aliphatic heterocycles. The molecule has 2 aromatic rings. The number of hydrogen-bond acceptors (Lipinski definition) is 8. The van der Waals surface area contributed by atoms with Gasteiger partial charge in [0, 0.05) is 13.3 Å². The second kappa shape index (κ2) is 15.2. The molecular weight excluding hydrogens is 526 g/mol. The van der Waals surface area contributed by atoms with Crippen molar-refractivity contribution in [1.29, 1.82) is 0 Å². The van der Waals surface area contributed by atoms with Crippen LogP contribution in [-0.4, -0.2) is 26.9 Å². The maximum absolute atomic E-state index is 11.5. The summed E-state index contributed by atoms with van der Waals surface area (Å²) in [5, 5.41) is 0. The molecule has 0 aromatic heterocycles. The molecule has 0 heterocycles. The van der Waals surface area contributed by atoms with E-state index in [4.69, 9.17) is 14.0 Å². The Kier molecular flexibility index (Phi) is 13.8. The molecule has 0 saturated heterocycles. The van der Waals surface area contributed by atoms with Crippen LogP contribution in [0.4, 0.5) is 0 Å². The Balaban J connectivity index is 0.000000380. The van der Waals surface area contributed by atoms with E-state index in [-0.39, 0.29) is 18.6 Å². The number of hydrogen-bond donors (Lipinski definition) is 0. The topological polar surface area (TPSA) is 117 Å². The van der Waals surface area contributed by atoms with E-state index in [9.17, 15) is 18.9 Å². The summed E-state index contributed by atoms with van der Waals surface area (Å²) in [6.07, 6.45) is 0. The van der Waals surface area contributed by atoms with E-state index in [1.807, 2.05) is 45.9 Å². The lowest BCUT2D eigenvalue weighted by Crippen LogP contribution is -2.19.